The Morgan fingerprint density at radius 3 is 2.20 bits per heavy atom. The van der Waals surface area contributed by atoms with Crippen LogP contribution in [0.5, 0.6) is 0 Å². The van der Waals surface area contributed by atoms with Crippen molar-refractivity contribution in [3.8, 4) is 5.69 Å². The van der Waals surface area contributed by atoms with Gasteiger partial charge in [0.15, 0.2) is 12.4 Å². The Morgan fingerprint density at radius 1 is 0.967 bits per heavy atom. The Labute approximate surface area is 177 Å². The fraction of sp³-hybridized carbons (Fsp3) is 0.182. The fourth-order valence-corrected chi connectivity index (χ4v) is 3.76. The van der Waals surface area contributed by atoms with Gasteiger partial charge in [0, 0.05) is 28.9 Å². The van der Waals surface area contributed by atoms with E-state index in [4.69, 9.17) is 11.6 Å². The summed E-state index contributed by atoms with van der Waals surface area (Å²) in [7, 11) is 0. The Bertz CT molecular complexity index is 1240. The number of nitrogens with zero attached hydrogens (tertiary/aromatic N) is 3. The number of halogens is 1. The van der Waals surface area contributed by atoms with Crippen molar-refractivity contribution in [3.05, 3.63) is 81.5 Å². The zero-order valence-corrected chi connectivity index (χ0v) is 17.5. The van der Waals surface area contributed by atoms with Crippen LogP contribution in [0.3, 0.4) is 0 Å². The molecule has 0 saturated heterocycles. The number of carbonyl (C=O) groups is 2. The van der Waals surface area contributed by atoms with Gasteiger partial charge in [0.05, 0.1) is 11.3 Å². The van der Waals surface area contributed by atoms with Crippen molar-refractivity contribution < 1.29 is 14.2 Å². The molecule has 152 valence electrons. The molecule has 1 aromatic carbocycles. The van der Waals surface area contributed by atoms with E-state index in [0.29, 0.717) is 16.4 Å². The van der Waals surface area contributed by atoms with E-state index in [1.165, 1.54) is 9.58 Å². The van der Waals surface area contributed by atoms with Gasteiger partial charge in [-0.3, -0.25) is 24.4 Å². The number of rotatable bonds is 4. The third kappa shape index (κ3) is 3.07. The monoisotopic (exact) mass is 423 g/mol. The molecule has 0 spiro atoms. The molecule has 3 aromatic rings. The molecule has 0 saturated carbocycles. The van der Waals surface area contributed by atoms with Crippen LogP contribution in [0.1, 0.15) is 25.1 Å². The maximum Gasteiger partial charge on any atom is 0.327 e. The average Bonchev–Trinajstić information content (AvgIpc) is 3.14. The maximum atomic E-state index is 13.3. The van der Waals surface area contributed by atoms with Crippen molar-refractivity contribution >= 4 is 34.7 Å². The standard InChI is InChI=1S/C22H19ClN4O3/c1-13(2)26-20(28)18(19(22(26)30)25-11-5-4-6-12-25)17-14(3)24-27(21(17)29)16-9-7-15(23)8-10-16/h4-13H,1-3H3/p+1. The first-order chi connectivity index (χ1) is 14.3. The second kappa shape index (κ2) is 7.42. The van der Waals surface area contributed by atoms with E-state index in [0.717, 1.165) is 0 Å². The number of hydrogen-bond donors (Lipinski definition) is 1. The Kier molecular flexibility index (Phi) is 4.91. The van der Waals surface area contributed by atoms with Crippen molar-refractivity contribution in [2.24, 2.45) is 0 Å². The zero-order chi connectivity index (χ0) is 21.6. The first-order valence-electron chi connectivity index (χ1n) is 9.48. The lowest BCUT2D eigenvalue weighted by Gasteiger charge is -2.17. The molecule has 0 bridgehead atoms. The molecule has 0 aliphatic carbocycles. The van der Waals surface area contributed by atoms with Gasteiger partial charge in [0.25, 0.3) is 17.2 Å². The molecule has 8 heteroatoms. The summed E-state index contributed by atoms with van der Waals surface area (Å²) < 4.78 is 2.92. The van der Waals surface area contributed by atoms with Crippen LogP contribution >= 0.6 is 11.6 Å². The number of aromatic amines is 1. The third-order valence-corrected chi connectivity index (χ3v) is 5.24. The average molecular weight is 424 g/mol. The molecule has 0 unspecified atom stereocenters. The molecule has 7 nitrogen and oxygen atoms in total. The number of carbonyl (C=O) groups excluding carboxylic acids is 2. The normalized spacial score (nSPS) is 14.4. The van der Waals surface area contributed by atoms with E-state index < -0.39 is 17.4 Å². The Balaban J connectivity index is 1.98. The van der Waals surface area contributed by atoms with Crippen LogP contribution in [0, 0.1) is 6.92 Å². The van der Waals surface area contributed by atoms with Crippen LogP contribution in [0.2, 0.25) is 5.02 Å². The van der Waals surface area contributed by atoms with Gasteiger partial charge in [-0.25, -0.2) is 4.68 Å². The summed E-state index contributed by atoms with van der Waals surface area (Å²) in [6.45, 7) is 5.24. The topological polar surface area (TPSA) is 79.1 Å². The molecule has 0 radical (unpaired) electrons. The highest BCUT2D eigenvalue weighted by Crippen LogP contribution is 2.31. The van der Waals surface area contributed by atoms with E-state index in [1.54, 1.807) is 74.1 Å². The van der Waals surface area contributed by atoms with Gasteiger partial charge in [-0.1, -0.05) is 17.7 Å². The summed E-state index contributed by atoms with van der Waals surface area (Å²) >= 11 is 5.95. The number of imide groups is 1. The quantitative estimate of drug-likeness (QED) is 0.517. The molecule has 1 aliphatic heterocycles. The highest BCUT2D eigenvalue weighted by molar-refractivity contribution is 6.44. The fourth-order valence-electron chi connectivity index (χ4n) is 3.63. The molecule has 0 atom stereocenters. The second-order valence-corrected chi connectivity index (χ2v) is 7.75. The number of hydrogen-bond acceptors (Lipinski definition) is 3. The summed E-state index contributed by atoms with van der Waals surface area (Å²) in [4.78, 5) is 41.0. The third-order valence-electron chi connectivity index (χ3n) is 4.99. The molecule has 2 amide bonds. The molecule has 1 N–H and O–H groups in total. The molecule has 30 heavy (non-hydrogen) atoms. The number of nitrogens with one attached hydrogen (secondary N) is 1. The van der Waals surface area contributed by atoms with Gasteiger partial charge in [0.2, 0.25) is 0 Å². The van der Waals surface area contributed by atoms with Crippen LogP contribution in [0.4, 0.5) is 0 Å². The lowest BCUT2D eigenvalue weighted by molar-refractivity contribution is -0.576. The SMILES string of the molecule is Cc1[nH]n(-c2ccc(Cl)cc2)c(=O)c1C1=C([n+]2ccccc2)C(=O)N(C(C)C)C1=O. The number of benzene rings is 1. The zero-order valence-electron chi connectivity index (χ0n) is 16.7. The number of pyridine rings is 1. The predicted molar refractivity (Wildman–Crippen MR) is 113 cm³/mol. The first-order valence-corrected chi connectivity index (χ1v) is 9.85. The Hall–Kier alpha value is -3.45. The predicted octanol–water partition coefficient (Wildman–Crippen LogP) is 2.56. The summed E-state index contributed by atoms with van der Waals surface area (Å²) in [5.74, 6) is -0.914. The molecular weight excluding hydrogens is 404 g/mol. The van der Waals surface area contributed by atoms with E-state index in [9.17, 15) is 14.4 Å². The van der Waals surface area contributed by atoms with Gasteiger partial charge in [-0.05, 0) is 45.0 Å². The van der Waals surface area contributed by atoms with Gasteiger partial charge in [-0.2, -0.15) is 4.57 Å². The van der Waals surface area contributed by atoms with Crippen LogP contribution < -0.4 is 10.1 Å². The van der Waals surface area contributed by atoms with Gasteiger partial charge in [0.1, 0.15) is 5.57 Å². The summed E-state index contributed by atoms with van der Waals surface area (Å²) in [6.07, 6.45) is 3.37. The summed E-state index contributed by atoms with van der Waals surface area (Å²) in [5, 5.41) is 3.56. The molecular formula is C22H20ClN4O3+. The summed E-state index contributed by atoms with van der Waals surface area (Å²) in [5.41, 5.74) is 1.09. The van der Waals surface area contributed by atoms with Crippen molar-refractivity contribution in [2.45, 2.75) is 26.8 Å². The van der Waals surface area contributed by atoms with Gasteiger partial charge in [-0.15, -0.1) is 0 Å². The van der Waals surface area contributed by atoms with Gasteiger partial charge < -0.3 is 0 Å². The minimum absolute atomic E-state index is 0.0939. The lowest BCUT2D eigenvalue weighted by atomic mass is 10.1. The smallest absolute Gasteiger partial charge is 0.295 e. The second-order valence-electron chi connectivity index (χ2n) is 7.31. The van der Waals surface area contributed by atoms with Crippen LogP contribution in [0.25, 0.3) is 17.0 Å². The van der Waals surface area contributed by atoms with Crippen molar-refractivity contribution in [1.82, 2.24) is 14.7 Å². The largest absolute Gasteiger partial charge is 0.327 e. The van der Waals surface area contributed by atoms with E-state index >= 15 is 0 Å². The molecule has 3 heterocycles. The highest BCUT2D eigenvalue weighted by atomic mass is 35.5. The van der Waals surface area contributed by atoms with E-state index in [2.05, 4.69) is 5.10 Å². The minimum atomic E-state index is -0.483. The summed E-state index contributed by atoms with van der Waals surface area (Å²) in [6, 6.07) is 11.7. The number of aromatic nitrogens is 3. The first kappa shape index (κ1) is 19.8. The van der Waals surface area contributed by atoms with Gasteiger partial charge >= 0.3 is 5.91 Å². The molecule has 0 fully saturated rings. The minimum Gasteiger partial charge on any atom is -0.295 e. The van der Waals surface area contributed by atoms with Crippen molar-refractivity contribution in [1.29, 1.82) is 0 Å². The van der Waals surface area contributed by atoms with Crippen LogP contribution in [-0.2, 0) is 9.59 Å². The van der Waals surface area contributed by atoms with E-state index in [-0.39, 0.29) is 22.9 Å². The van der Waals surface area contributed by atoms with E-state index in [1.807, 2.05) is 6.07 Å². The Morgan fingerprint density at radius 2 is 1.60 bits per heavy atom. The number of H-pyrrole nitrogens is 1. The lowest BCUT2D eigenvalue weighted by Crippen LogP contribution is -2.42. The molecule has 4 rings (SSSR count). The number of amides is 2. The van der Waals surface area contributed by atoms with Crippen LogP contribution in [0.15, 0.2) is 59.7 Å². The molecule has 1 aliphatic rings. The van der Waals surface area contributed by atoms with Crippen molar-refractivity contribution in [3.63, 3.8) is 0 Å². The van der Waals surface area contributed by atoms with Crippen LogP contribution in [-0.4, -0.2) is 32.5 Å². The van der Waals surface area contributed by atoms with Crippen molar-refractivity contribution in [2.75, 3.05) is 0 Å². The maximum absolute atomic E-state index is 13.3. The highest BCUT2D eigenvalue weighted by Gasteiger charge is 2.48. The number of aryl methyl sites for hydroxylation is 1. The molecule has 2 aromatic heterocycles.